The van der Waals surface area contributed by atoms with E-state index in [1.807, 2.05) is 6.92 Å². The van der Waals surface area contributed by atoms with E-state index < -0.39 is 0 Å². The van der Waals surface area contributed by atoms with Gasteiger partial charge < -0.3 is 10.3 Å². The molecule has 1 heterocycles. The Hall–Kier alpha value is -1.54. The molecule has 0 spiro atoms. The summed E-state index contributed by atoms with van der Waals surface area (Å²) in [6.07, 6.45) is 5.27. The summed E-state index contributed by atoms with van der Waals surface area (Å²) in [6, 6.07) is 9.04. The molecule has 1 aromatic carbocycles. The van der Waals surface area contributed by atoms with E-state index in [0.717, 1.165) is 13.0 Å². The molecule has 2 rings (SSSR count). The van der Waals surface area contributed by atoms with Crippen LogP contribution in [0.4, 0.5) is 0 Å². The minimum atomic E-state index is 0.225. The van der Waals surface area contributed by atoms with Gasteiger partial charge in [-0.15, -0.1) is 0 Å². The van der Waals surface area contributed by atoms with Crippen molar-refractivity contribution in [2.45, 2.75) is 39.8 Å². The van der Waals surface area contributed by atoms with Crippen molar-refractivity contribution in [2.75, 3.05) is 0 Å². The highest BCUT2D eigenvalue weighted by atomic mass is 14.9. The van der Waals surface area contributed by atoms with E-state index >= 15 is 0 Å². The largest absolute Gasteiger partial charge is 0.350 e. The summed E-state index contributed by atoms with van der Waals surface area (Å²) in [4.78, 5) is 0. The second kappa shape index (κ2) is 5.40. The zero-order valence-corrected chi connectivity index (χ0v) is 11.5. The predicted octanol–water partition coefficient (Wildman–Crippen LogP) is 3.04. The van der Waals surface area contributed by atoms with E-state index in [1.54, 1.807) is 0 Å². The van der Waals surface area contributed by atoms with E-state index in [1.165, 1.54) is 22.3 Å². The number of hydrogen-bond acceptors (Lipinski definition) is 1. The first-order valence-corrected chi connectivity index (χ1v) is 6.51. The van der Waals surface area contributed by atoms with Crippen LogP contribution in [0.2, 0.25) is 0 Å². The molecule has 0 aliphatic heterocycles. The summed E-state index contributed by atoms with van der Waals surface area (Å²) in [5.74, 6) is 0. The summed E-state index contributed by atoms with van der Waals surface area (Å²) >= 11 is 0. The Kier molecular flexibility index (Phi) is 3.87. The molecule has 0 bridgehead atoms. The number of nitrogens with zero attached hydrogens (tertiary/aromatic N) is 1. The molecule has 2 aromatic rings. The van der Waals surface area contributed by atoms with Gasteiger partial charge in [-0.2, -0.15) is 0 Å². The van der Waals surface area contributed by atoms with Crippen LogP contribution in [0, 0.1) is 13.8 Å². The summed E-state index contributed by atoms with van der Waals surface area (Å²) < 4.78 is 2.22. The van der Waals surface area contributed by atoms with Gasteiger partial charge >= 0.3 is 0 Å². The van der Waals surface area contributed by atoms with E-state index in [4.69, 9.17) is 5.73 Å². The second-order valence-corrected chi connectivity index (χ2v) is 5.29. The van der Waals surface area contributed by atoms with E-state index in [-0.39, 0.29) is 6.04 Å². The van der Waals surface area contributed by atoms with Crippen LogP contribution >= 0.6 is 0 Å². The van der Waals surface area contributed by atoms with Crippen molar-refractivity contribution in [2.24, 2.45) is 5.73 Å². The molecule has 18 heavy (non-hydrogen) atoms. The van der Waals surface area contributed by atoms with Crippen molar-refractivity contribution >= 4 is 0 Å². The first-order valence-electron chi connectivity index (χ1n) is 6.51. The molecular weight excluding hydrogens is 220 g/mol. The molecule has 1 unspecified atom stereocenters. The van der Waals surface area contributed by atoms with Crippen LogP contribution in [0.5, 0.6) is 0 Å². The number of benzene rings is 1. The molecule has 0 saturated carbocycles. The summed E-state index contributed by atoms with van der Waals surface area (Å²) in [6.45, 7) is 7.28. The Balaban J connectivity index is 2.08. The van der Waals surface area contributed by atoms with Gasteiger partial charge in [0.15, 0.2) is 0 Å². The van der Waals surface area contributed by atoms with E-state index in [9.17, 15) is 0 Å². The van der Waals surface area contributed by atoms with Gasteiger partial charge in [0, 0.05) is 25.0 Å². The fraction of sp³-hybridized carbons (Fsp3) is 0.375. The minimum Gasteiger partial charge on any atom is -0.350 e. The van der Waals surface area contributed by atoms with Gasteiger partial charge in [0.1, 0.15) is 0 Å². The Morgan fingerprint density at radius 1 is 1.11 bits per heavy atom. The maximum absolute atomic E-state index is 5.81. The zero-order chi connectivity index (χ0) is 13.1. The number of hydrogen-bond donors (Lipinski definition) is 1. The van der Waals surface area contributed by atoms with Gasteiger partial charge in [-0.1, -0.05) is 18.2 Å². The SMILES string of the molecule is Cc1ccc(Cn2ccc(CC(C)N)c2)cc1C. The molecule has 2 heteroatoms. The molecule has 0 saturated heterocycles. The average Bonchev–Trinajstić information content (AvgIpc) is 2.70. The third-order valence-electron chi connectivity index (χ3n) is 3.31. The topological polar surface area (TPSA) is 30.9 Å². The molecular formula is C16H22N2. The zero-order valence-electron chi connectivity index (χ0n) is 11.5. The van der Waals surface area contributed by atoms with Gasteiger partial charge in [0.25, 0.3) is 0 Å². The normalized spacial score (nSPS) is 12.7. The monoisotopic (exact) mass is 242 g/mol. The maximum atomic E-state index is 5.81. The van der Waals surface area contributed by atoms with Crippen LogP contribution < -0.4 is 5.73 Å². The summed E-state index contributed by atoms with van der Waals surface area (Å²) in [5, 5.41) is 0. The van der Waals surface area contributed by atoms with Gasteiger partial charge in [-0.05, 0) is 55.5 Å². The molecule has 0 radical (unpaired) electrons. The number of rotatable bonds is 4. The lowest BCUT2D eigenvalue weighted by Crippen LogP contribution is -2.17. The predicted molar refractivity (Wildman–Crippen MR) is 76.8 cm³/mol. The lowest BCUT2D eigenvalue weighted by molar-refractivity contribution is 0.731. The maximum Gasteiger partial charge on any atom is 0.0470 e. The first kappa shape index (κ1) is 12.9. The highest BCUT2D eigenvalue weighted by Gasteiger charge is 2.02. The number of nitrogens with two attached hydrogens (primary N) is 1. The number of aryl methyl sites for hydroxylation is 2. The lowest BCUT2D eigenvalue weighted by atomic mass is 10.1. The Morgan fingerprint density at radius 3 is 2.56 bits per heavy atom. The highest BCUT2D eigenvalue weighted by molar-refractivity contribution is 5.30. The Labute approximate surface area is 109 Å². The van der Waals surface area contributed by atoms with Crippen LogP contribution in [0.25, 0.3) is 0 Å². The van der Waals surface area contributed by atoms with E-state index in [2.05, 4.69) is 55.1 Å². The summed E-state index contributed by atoms with van der Waals surface area (Å²) in [7, 11) is 0. The molecule has 1 atom stereocenters. The van der Waals surface area contributed by atoms with Gasteiger partial charge in [-0.25, -0.2) is 0 Å². The van der Waals surface area contributed by atoms with Crippen molar-refractivity contribution in [1.82, 2.24) is 4.57 Å². The molecule has 0 aliphatic carbocycles. The standard InChI is InChI=1S/C16H22N2/c1-12-4-5-15(8-13(12)2)10-18-7-6-16(11-18)9-14(3)17/h4-8,11,14H,9-10,17H2,1-3H3. The van der Waals surface area contributed by atoms with Crippen molar-refractivity contribution < 1.29 is 0 Å². The Bertz CT molecular complexity index is 524. The Morgan fingerprint density at radius 2 is 1.89 bits per heavy atom. The smallest absolute Gasteiger partial charge is 0.0470 e. The van der Waals surface area contributed by atoms with Crippen molar-refractivity contribution in [3.05, 3.63) is 58.9 Å². The minimum absolute atomic E-state index is 0.225. The number of aromatic nitrogens is 1. The lowest BCUT2D eigenvalue weighted by Gasteiger charge is -2.07. The van der Waals surface area contributed by atoms with Crippen molar-refractivity contribution in [1.29, 1.82) is 0 Å². The van der Waals surface area contributed by atoms with Crippen molar-refractivity contribution in [3.8, 4) is 0 Å². The average molecular weight is 242 g/mol. The third-order valence-corrected chi connectivity index (χ3v) is 3.31. The fourth-order valence-corrected chi connectivity index (χ4v) is 2.19. The second-order valence-electron chi connectivity index (χ2n) is 5.29. The highest BCUT2D eigenvalue weighted by Crippen LogP contribution is 2.12. The first-order chi connectivity index (χ1) is 8.54. The van der Waals surface area contributed by atoms with E-state index in [0.29, 0.717) is 0 Å². The molecule has 0 fully saturated rings. The molecule has 0 aliphatic rings. The van der Waals surface area contributed by atoms with Crippen LogP contribution in [0.1, 0.15) is 29.2 Å². The van der Waals surface area contributed by atoms with Crippen LogP contribution in [0.15, 0.2) is 36.7 Å². The molecule has 2 nitrogen and oxygen atoms in total. The molecule has 0 amide bonds. The van der Waals surface area contributed by atoms with Gasteiger partial charge in [0.2, 0.25) is 0 Å². The van der Waals surface area contributed by atoms with Crippen LogP contribution in [-0.4, -0.2) is 10.6 Å². The van der Waals surface area contributed by atoms with Gasteiger partial charge in [0.05, 0.1) is 0 Å². The molecule has 1 aromatic heterocycles. The third kappa shape index (κ3) is 3.23. The van der Waals surface area contributed by atoms with Crippen LogP contribution in [0.3, 0.4) is 0 Å². The van der Waals surface area contributed by atoms with Crippen molar-refractivity contribution in [3.63, 3.8) is 0 Å². The fourth-order valence-electron chi connectivity index (χ4n) is 2.19. The van der Waals surface area contributed by atoms with Crippen LogP contribution in [-0.2, 0) is 13.0 Å². The molecule has 2 N–H and O–H groups in total. The summed E-state index contributed by atoms with van der Waals surface area (Å²) in [5.41, 5.74) is 11.2. The molecule has 96 valence electrons. The quantitative estimate of drug-likeness (QED) is 0.877. The van der Waals surface area contributed by atoms with Gasteiger partial charge in [-0.3, -0.25) is 0 Å².